The zero-order valence-electron chi connectivity index (χ0n) is 8.51. The second kappa shape index (κ2) is 4.30. The molecule has 0 aromatic heterocycles. The van der Waals surface area contributed by atoms with E-state index in [1.807, 2.05) is 0 Å². The summed E-state index contributed by atoms with van der Waals surface area (Å²) in [7, 11) is 0. The molecule has 0 saturated carbocycles. The number of hydrogen-bond donors (Lipinski definition) is 2. The number of carbonyl (C=O) groups is 1. The molecule has 0 spiro atoms. The number of rotatable bonds is 3. The number of allylic oxidation sites excluding steroid dienone is 1. The van der Waals surface area contributed by atoms with Crippen molar-refractivity contribution in [2.75, 3.05) is 12.4 Å². The van der Waals surface area contributed by atoms with E-state index in [4.69, 9.17) is 4.74 Å². The Bertz CT molecular complexity index is 308. The number of carbonyl (C=O) groups excluding carboxylic acids is 1. The van der Waals surface area contributed by atoms with Crippen molar-refractivity contribution in [1.82, 2.24) is 9.44 Å². The Morgan fingerprint density at radius 2 is 2.40 bits per heavy atom. The van der Waals surface area contributed by atoms with E-state index in [1.165, 1.54) is 0 Å². The Morgan fingerprint density at radius 3 is 3.13 bits per heavy atom. The fourth-order valence-corrected chi connectivity index (χ4v) is 3.06. The predicted molar refractivity (Wildman–Crippen MR) is 56.3 cm³/mol. The largest absolute Gasteiger partial charge is 0.471 e. The lowest BCUT2D eigenvalue weighted by Crippen LogP contribution is -2.33. The first kappa shape index (κ1) is 10.6. The summed E-state index contributed by atoms with van der Waals surface area (Å²) in [6.45, 7) is 1.93. The molecule has 0 bridgehead atoms. The molecular weight excluding hydrogens is 219 g/mol. The second-order valence-corrected chi connectivity index (χ2v) is 5.10. The van der Waals surface area contributed by atoms with Crippen molar-refractivity contribution in [3.63, 3.8) is 0 Å². The molecule has 0 fully saturated rings. The first-order valence-electron chi connectivity index (χ1n) is 5.02. The molecule has 2 aliphatic rings. The van der Waals surface area contributed by atoms with Crippen LogP contribution in [0.4, 0.5) is 4.39 Å². The second-order valence-electron chi connectivity index (χ2n) is 3.50. The van der Waals surface area contributed by atoms with Crippen LogP contribution < -0.4 is 9.44 Å². The first-order valence-corrected chi connectivity index (χ1v) is 6.41. The van der Waals surface area contributed by atoms with Crippen molar-refractivity contribution >= 4 is 17.1 Å². The molecule has 84 valence electrons. The van der Waals surface area contributed by atoms with Crippen molar-refractivity contribution in [3.8, 4) is 0 Å². The van der Waals surface area contributed by atoms with Gasteiger partial charge in [0, 0.05) is 0 Å². The minimum atomic E-state index is -1.52. The number of halogens is 1. The maximum atomic E-state index is 13.0. The van der Waals surface area contributed by atoms with Gasteiger partial charge in [-0.05, 0) is 6.42 Å². The Balaban J connectivity index is 1.98. The van der Waals surface area contributed by atoms with Gasteiger partial charge >= 0.3 is 0 Å². The van der Waals surface area contributed by atoms with Crippen LogP contribution in [0.2, 0.25) is 0 Å². The maximum absolute atomic E-state index is 13.0. The predicted octanol–water partition coefficient (Wildman–Crippen LogP) is 0.534. The fourth-order valence-electron chi connectivity index (χ4n) is 1.40. The highest BCUT2D eigenvalue weighted by Crippen LogP contribution is 2.21. The average Bonchev–Trinajstić information content (AvgIpc) is 2.64. The summed E-state index contributed by atoms with van der Waals surface area (Å²) in [6.07, 6.45) is 0.641. The molecule has 2 heterocycles. The highest BCUT2D eigenvalue weighted by Gasteiger charge is 2.43. The quantitative estimate of drug-likeness (QED) is 0.698. The Kier molecular flexibility index (Phi) is 3.04. The zero-order valence-corrected chi connectivity index (χ0v) is 9.32. The lowest BCUT2D eigenvalue weighted by atomic mass is 10.2. The summed E-state index contributed by atoms with van der Waals surface area (Å²) in [5, 5.41) is 0. The summed E-state index contributed by atoms with van der Waals surface area (Å²) >= 11 is -0.269. The van der Waals surface area contributed by atoms with Crippen LogP contribution in [-0.4, -0.2) is 24.3 Å². The normalized spacial score (nSPS) is 29.3. The van der Waals surface area contributed by atoms with E-state index in [9.17, 15) is 9.18 Å². The van der Waals surface area contributed by atoms with Gasteiger partial charge in [-0.1, -0.05) is 13.3 Å². The minimum absolute atomic E-state index is 0.169. The molecule has 6 heteroatoms. The van der Waals surface area contributed by atoms with E-state index in [0.717, 1.165) is 18.6 Å². The van der Waals surface area contributed by atoms with E-state index in [-0.39, 0.29) is 23.6 Å². The van der Waals surface area contributed by atoms with Crippen LogP contribution >= 0.6 is 0 Å². The highest BCUT2D eigenvalue weighted by molar-refractivity contribution is 7.93. The Labute approximate surface area is 90.9 Å². The van der Waals surface area contributed by atoms with Crippen LogP contribution in [0.25, 0.3) is 0 Å². The van der Waals surface area contributed by atoms with Crippen molar-refractivity contribution in [3.05, 3.63) is 11.6 Å². The third-order valence-electron chi connectivity index (χ3n) is 2.28. The van der Waals surface area contributed by atoms with Gasteiger partial charge in [0.25, 0.3) is 5.88 Å². The summed E-state index contributed by atoms with van der Waals surface area (Å²) in [5.41, 5.74) is 0.285. The number of nitrogens with one attached hydrogen (secondary N) is 2. The highest BCUT2D eigenvalue weighted by atomic mass is 32.2. The maximum Gasteiger partial charge on any atom is 0.263 e. The number of ether oxygens (including phenoxy) is 1. The number of alkyl halides is 1. The molecule has 15 heavy (non-hydrogen) atoms. The molecule has 0 amide bonds. The van der Waals surface area contributed by atoms with Gasteiger partial charge in [-0.3, -0.25) is 4.79 Å². The zero-order chi connectivity index (χ0) is 10.8. The monoisotopic (exact) mass is 233 g/mol. The lowest BCUT2D eigenvalue weighted by Gasteiger charge is -2.13. The fraction of sp³-hybridized carbons (Fsp3) is 0.667. The molecule has 0 aromatic carbocycles. The van der Waals surface area contributed by atoms with Crippen LogP contribution in [0, 0.1) is 0 Å². The summed E-state index contributed by atoms with van der Waals surface area (Å²) in [5.74, 6) is 0.862. The van der Waals surface area contributed by atoms with E-state index in [2.05, 4.69) is 16.4 Å². The van der Waals surface area contributed by atoms with Crippen LogP contribution in [0.5, 0.6) is 0 Å². The Morgan fingerprint density at radius 1 is 1.60 bits per heavy atom. The standard InChI is InChI=1S/C9H13FN2O2S/c1-2-3-4-15-11-7-8(13)6(10)5-14-9(7)12-15/h6H,2-5H2,1H3,(H,11,12)/p+1. The van der Waals surface area contributed by atoms with Gasteiger partial charge in [-0.15, -0.1) is 4.72 Å². The average molecular weight is 233 g/mol. The molecule has 0 aromatic rings. The first-order chi connectivity index (χ1) is 7.22. The van der Waals surface area contributed by atoms with Crippen molar-refractivity contribution in [1.29, 1.82) is 0 Å². The molecule has 0 aliphatic carbocycles. The van der Waals surface area contributed by atoms with E-state index < -0.39 is 12.0 Å². The minimum Gasteiger partial charge on any atom is -0.471 e. The summed E-state index contributed by atoms with van der Waals surface area (Å²) in [4.78, 5) is 11.4. The Hall–Kier alpha value is -0.910. The summed E-state index contributed by atoms with van der Waals surface area (Å²) < 4.78 is 24.2. The van der Waals surface area contributed by atoms with E-state index >= 15 is 0 Å². The topological polar surface area (TPSA) is 50.4 Å². The SMILES string of the molecule is CCCC[S+]1NC2=C(N1)C(=O)C(F)CO2. The van der Waals surface area contributed by atoms with Crippen LogP contribution in [0.1, 0.15) is 19.8 Å². The van der Waals surface area contributed by atoms with E-state index in [0.29, 0.717) is 5.88 Å². The number of Topliss-reactive ketones (excluding diaryl/α,β-unsaturated/α-hetero) is 1. The van der Waals surface area contributed by atoms with Crippen LogP contribution in [-0.2, 0) is 20.8 Å². The van der Waals surface area contributed by atoms with Gasteiger partial charge in [0.1, 0.15) is 6.61 Å². The van der Waals surface area contributed by atoms with Gasteiger partial charge in [-0.2, -0.15) is 4.72 Å². The molecular formula is C9H14FN2O2S+. The molecule has 2 aliphatic heterocycles. The number of unbranched alkanes of at least 4 members (excludes halogenated alkanes) is 1. The van der Waals surface area contributed by atoms with Gasteiger partial charge < -0.3 is 4.74 Å². The van der Waals surface area contributed by atoms with E-state index in [1.54, 1.807) is 0 Å². The van der Waals surface area contributed by atoms with Crippen LogP contribution in [0.3, 0.4) is 0 Å². The van der Waals surface area contributed by atoms with Gasteiger partial charge in [0.05, 0.1) is 0 Å². The van der Waals surface area contributed by atoms with Gasteiger partial charge in [-0.25, -0.2) is 4.39 Å². The van der Waals surface area contributed by atoms with Crippen molar-refractivity contribution in [2.45, 2.75) is 25.9 Å². The lowest BCUT2D eigenvalue weighted by molar-refractivity contribution is -0.123. The molecule has 2 N–H and O–H groups in total. The third kappa shape index (κ3) is 2.04. The molecule has 4 nitrogen and oxygen atoms in total. The van der Waals surface area contributed by atoms with Crippen molar-refractivity contribution < 1.29 is 13.9 Å². The smallest absolute Gasteiger partial charge is 0.263 e. The van der Waals surface area contributed by atoms with Gasteiger partial charge in [0.15, 0.2) is 17.6 Å². The van der Waals surface area contributed by atoms with Crippen molar-refractivity contribution in [2.24, 2.45) is 0 Å². The molecule has 0 saturated heterocycles. The molecule has 2 unspecified atom stereocenters. The van der Waals surface area contributed by atoms with Crippen LogP contribution in [0.15, 0.2) is 11.6 Å². The molecule has 0 radical (unpaired) electrons. The third-order valence-corrected chi connectivity index (χ3v) is 3.85. The number of ketones is 1. The molecule has 2 rings (SSSR count). The van der Waals surface area contributed by atoms with Gasteiger partial charge in [0.2, 0.25) is 17.1 Å². The number of hydrogen-bond acceptors (Lipinski definition) is 4. The summed E-state index contributed by atoms with van der Waals surface area (Å²) in [6, 6.07) is 0. The molecule has 2 atom stereocenters.